The molecular weight excluding hydrogens is 272 g/mol. The maximum absolute atomic E-state index is 13.6. The summed E-state index contributed by atoms with van der Waals surface area (Å²) in [6.45, 7) is 2.57. The van der Waals surface area contributed by atoms with Crippen LogP contribution in [0, 0.1) is 11.6 Å². The summed E-state index contributed by atoms with van der Waals surface area (Å²) in [7, 11) is 1.44. The van der Waals surface area contributed by atoms with Crippen molar-refractivity contribution in [3.63, 3.8) is 0 Å². The molecule has 0 aliphatic rings. The molecule has 2 nitrogen and oxygen atoms in total. The average Bonchev–Trinajstić information content (AvgIpc) is 2.49. The van der Waals surface area contributed by atoms with E-state index in [0.29, 0.717) is 18.5 Å². The van der Waals surface area contributed by atoms with Crippen molar-refractivity contribution < 1.29 is 13.5 Å². The number of nitrogens with one attached hydrogen (secondary N) is 1. The third-order valence-electron chi connectivity index (χ3n) is 3.48. The smallest absolute Gasteiger partial charge is 0.165 e. The second-order valence-electron chi connectivity index (χ2n) is 4.91. The van der Waals surface area contributed by atoms with Crippen LogP contribution in [0.2, 0.25) is 0 Å². The first-order valence-electron chi connectivity index (χ1n) is 6.92. The summed E-state index contributed by atoms with van der Waals surface area (Å²) in [4.78, 5) is 0. The predicted molar refractivity (Wildman–Crippen MR) is 79.5 cm³/mol. The van der Waals surface area contributed by atoms with Crippen LogP contribution >= 0.6 is 0 Å². The number of benzene rings is 2. The third-order valence-corrected chi connectivity index (χ3v) is 3.48. The van der Waals surface area contributed by atoms with Crippen molar-refractivity contribution in [3.05, 3.63) is 65.2 Å². The molecule has 2 rings (SSSR count). The van der Waals surface area contributed by atoms with E-state index in [0.717, 1.165) is 5.56 Å². The van der Waals surface area contributed by atoms with E-state index in [1.165, 1.54) is 19.2 Å². The maximum Gasteiger partial charge on any atom is 0.165 e. The second-order valence-corrected chi connectivity index (χ2v) is 4.91. The van der Waals surface area contributed by atoms with Gasteiger partial charge in [0.05, 0.1) is 7.11 Å². The van der Waals surface area contributed by atoms with E-state index in [-0.39, 0.29) is 23.4 Å². The van der Waals surface area contributed by atoms with Gasteiger partial charge >= 0.3 is 0 Å². The maximum atomic E-state index is 13.6. The zero-order valence-electron chi connectivity index (χ0n) is 12.2. The Morgan fingerprint density at radius 2 is 1.86 bits per heavy atom. The molecule has 0 spiro atoms. The minimum Gasteiger partial charge on any atom is -0.494 e. The first-order valence-corrected chi connectivity index (χ1v) is 6.92. The van der Waals surface area contributed by atoms with E-state index >= 15 is 0 Å². The lowest BCUT2D eigenvalue weighted by Gasteiger charge is -2.15. The Morgan fingerprint density at radius 1 is 1.10 bits per heavy atom. The van der Waals surface area contributed by atoms with Gasteiger partial charge in [-0.2, -0.15) is 0 Å². The molecule has 0 amide bonds. The summed E-state index contributed by atoms with van der Waals surface area (Å²) in [5.41, 5.74) is 1.51. The van der Waals surface area contributed by atoms with Crippen LogP contribution in [0.3, 0.4) is 0 Å². The fraction of sp³-hybridized carbons (Fsp3) is 0.294. The summed E-state index contributed by atoms with van der Waals surface area (Å²) in [6.07, 6.45) is 0.593. The highest BCUT2D eigenvalue weighted by Crippen LogP contribution is 2.21. The molecule has 0 fully saturated rings. The molecule has 2 aromatic rings. The number of rotatable bonds is 6. The molecule has 1 unspecified atom stereocenters. The van der Waals surface area contributed by atoms with Gasteiger partial charge < -0.3 is 10.1 Å². The molecule has 4 heteroatoms. The molecule has 0 aliphatic heterocycles. The van der Waals surface area contributed by atoms with Gasteiger partial charge in [-0.15, -0.1) is 0 Å². The van der Waals surface area contributed by atoms with Gasteiger partial charge in [-0.1, -0.05) is 24.3 Å². The fourth-order valence-corrected chi connectivity index (χ4v) is 2.19. The van der Waals surface area contributed by atoms with Crippen LogP contribution in [0.1, 0.15) is 24.1 Å². The predicted octanol–water partition coefficient (Wildman–Crippen LogP) is 3.87. The Balaban J connectivity index is 1.91. The van der Waals surface area contributed by atoms with Crippen molar-refractivity contribution >= 4 is 0 Å². The van der Waals surface area contributed by atoms with Crippen molar-refractivity contribution in [3.8, 4) is 5.75 Å². The van der Waals surface area contributed by atoms with Gasteiger partial charge in [-0.3, -0.25) is 0 Å². The molecular formula is C17H19F2NO. The molecule has 0 aromatic heterocycles. The molecule has 21 heavy (non-hydrogen) atoms. The lowest BCUT2D eigenvalue weighted by Crippen LogP contribution is -2.21. The molecule has 0 saturated carbocycles. The van der Waals surface area contributed by atoms with Gasteiger partial charge in [0.2, 0.25) is 0 Å². The molecule has 0 aliphatic carbocycles. The number of hydrogen-bond donors (Lipinski definition) is 1. The Bertz CT molecular complexity index is 601. The molecule has 0 heterocycles. The van der Waals surface area contributed by atoms with E-state index in [9.17, 15) is 8.78 Å². The van der Waals surface area contributed by atoms with Gasteiger partial charge in [-0.05, 0) is 49.2 Å². The van der Waals surface area contributed by atoms with Crippen LogP contribution in [0.25, 0.3) is 0 Å². The number of methoxy groups -OCH3 is 1. The monoisotopic (exact) mass is 291 g/mol. The Labute approximate surface area is 123 Å². The van der Waals surface area contributed by atoms with Crippen LogP contribution in [0.4, 0.5) is 8.78 Å². The summed E-state index contributed by atoms with van der Waals surface area (Å²) >= 11 is 0. The molecule has 0 saturated heterocycles. The van der Waals surface area contributed by atoms with E-state index in [4.69, 9.17) is 4.74 Å². The Kier molecular flexibility index (Phi) is 5.28. The lowest BCUT2D eigenvalue weighted by atomic mass is 10.1. The zero-order valence-corrected chi connectivity index (χ0v) is 12.2. The van der Waals surface area contributed by atoms with Gasteiger partial charge in [0.25, 0.3) is 0 Å². The van der Waals surface area contributed by atoms with E-state index in [1.54, 1.807) is 18.2 Å². The number of halogens is 2. The highest BCUT2D eigenvalue weighted by Gasteiger charge is 2.09. The zero-order chi connectivity index (χ0) is 15.2. The summed E-state index contributed by atoms with van der Waals surface area (Å²) in [6, 6.07) is 11.6. The number of hydrogen-bond acceptors (Lipinski definition) is 2. The number of ether oxygens (including phenoxy) is 1. The van der Waals surface area contributed by atoms with Crippen LogP contribution in [-0.2, 0) is 6.42 Å². The largest absolute Gasteiger partial charge is 0.494 e. The first kappa shape index (κ1) is 15.4. The van der Waals surface area contributed by atoms with Crippen molar-refractivity contribution in [1.82, 2.24) is 5.32 Å². The minimum atomic E-state index is -0.377. The lowest BCUT2D eigenvalue weighted by molar-refractivity contribution is 0.385. The van der Waals surface area contributed by atoms with Crippen LogP contribution in [0.5, 0.6) is 5.75 Å². The van der Waals surface area contributed by atoms with E-state index in [2.05, 4.69) is 5.32 Å². The quantitative estimate of drug-likeness (QED) is 0.872. The van der Waals surface area contributed by atoms with Crippen molar-refractivity contribution in [2.45, 2.75) is 19.4 Å². The Hall–Kier alpha value is -1.94. The molecule has 1 N–H and O–H groups in total. The standard InChI is InChI=1S/C17H19F2NO/c1-12(14-7-8-17(21-2)16(19)11-14)20-10-9-13-5-3-4-6-15(13)18/h3-8,11-12,20H,9-10H2,1-2H3. The Morgan fingerprint density at radius 3 is 2.52 bits per heavy atom. The fourth-order valence-electron chi connectivity index (χ4n) is 2.19. The van der Waals surface area contributed by atoms with Crippen LogP contribution in [0.15, 0.2) is 42.5 Å². The van der Waals surface area contributed by atoms with E-state index < -0.39 is 0 Å². The molecule has 1 atom stereocenters. The van der Waals surface area contributed by atoms with Crippen LogP contribution in [-0.4, -0.2) is 13.7 Å². The summed E-state index contributed by atoms with van der Waals surface area (Å²) in [5, 5.41) is 3.27. The van der Waals surface area contributed by atoms with Gasteiger partial charge in [0.1, 0.15) is 5.82 Å². The minimum absolute atomic E-state index is 0.0165. The topological polar surface area (TPSA) is 21.3 Å². The normalized spacial score (nSPS) is 12.2. The van der Waals surface area contributed by atoms with E-state index in [1.807, 2.05) is 19.1 Å². The second kappa shape index (κ2) is 7.18. The molecule has 0 bridgehead atoms. The van der Waals surface area contributed by atoms with Gasteiger partial charge in [0, 0.05) is 6.04 Å². The highest BCUT2D eigenvalue weighted by molar-refractivity contribution is 5.30. The van der Waals surface area contributed by atoms with Crippen molar-refractivity contribution in [1.29, 1.82) is 0 Å². The van der Waals surface area contributed by atoms with Crippen LogP contribution < -0.4 is 10.1 Å². The third kappa shape index (κ3) is 4.02. The average molecular weight is 291 g/mol. The van der Waals surface area contributed by atoms with Crippen molar-refractivity contribution in [2.24, 2.45) is 0 Å². The van der Waals surface area contributed by atoms with Crippen molar-refractivity contribution in [2.75, 3.05) is 13.7 Å². The molecule has 112 valence electrons. The first-order chi connectivity index (χ1) is 10.1. The molecule has 0 radical (unpaired) electrons. The highest BCUT2D eigenvalue weighted by atomic mass is 19.1. The molecule has 2 aromatic carbocycles. The van der Waals surface area contributed by atoms with Gasteiger partial charge in [-0.25, -0.2) is 8.78 Å². The SMILES string of the molecule is COc1ccc(C(C)NCCc2ccccc2F)cc1F. The van der Waals surface area contributed by atoms with Gasteiger partial charge in [0.15, 0.2) is 11.6 Å². The summed E-state index contributed by atoms with van der Waals surface area (Å²) < 4.78 is 32.0. The summed E-state index contributed by atoms with van der Waals surface area (Å²) in [5.74, 6) is -0.336.